The van der Waals surface area contributed by atoms with Gasteiger partial charge in [0, 0.05) is 23.4 Å². The predicted octanol–water partition coefficient (Wildman–Crippen LogP) is 5.11. The molecule has 0 bridgehead atoms. The van der Waals surface area contributed by atoms with E-state index in [1.807, 2.05) is 18.2 Å². The number of hydrogen-bond acceptors (Lipinski definition) is 3. The number of fused-ring (bicyclic) bond motifs is 3. The molecule has 1 aliphatic carbocycles. The van der Waals surface area contributed by atoms with E-state index in [1.54, 1.807) is 0 Å². The van der Waals surface area contributed by atoms with Gasteiger partial charge in [-0.1, -0.05) is 26.2 Å². The van der Waals surface area contributed by atoms with Gasteiger partial charge in [-0.15, -0.1) is 0 Å². The SMILES string of the molecule is CCCCCCC(Oc1ccc2c3c(oc2c1)CCCC3)C(=O)O. The van der Waals surface area contributed by atoms with Crippen LogP contribution in [0.25, 0.3) is 11.0 Å². The molecule has 4 heteroatoms. The fourth-order valence-electron chi connectivity index (χ4n) is 3.47. The lowest BCUT2D eigenvalue weighted by molar-refractivity contribution is -0.145. The molecule has 4 nitrogen and oxygen atoms in total. The third kappa shape index (κ3) is 3.74. The third-order valence-electron chi connectivity index (χ3n) is 4.80. The van der Waals surface area contributed by atoms with Gasteiger partial charge >= 0.3 is 5.97 Å². The first-order valence-corrected chi connectivity index (χ1v) is 9.12. The third-order valence-corrected chi connectivity index (χ3v) is 4.80. The van der Waals surface area contributed by atoms with Crippen LogP contribution in [0, 0.1) is 0 Å². The number of carbonyl (C=O) groups is 1. The van der Waals surface area contributed by atoms with Crippen LogP contribution >= 0.6 is 0 Å². The lowest BCUT2D eigenvalue weighted by Gasteiger charge is -2.15. The lowest BCUT2D eigenvalue weighted by Crippen LogP contribution is -2.26. The molecular formula is C20H26O4. The number of carboxylic acids is 1. The summed E-state index contributed by atoms with van der Waals surface area (Å²) in [5.74, 6) is 0.768. The second-order valence-electron chi connectivity index (χ2n) is 6.66. The zero-order valence-corrected chi connectivity index (χ0v) is 14.3. The van der Waals surface area contributed by atoms with Crippen molar-refractivity contribution in [3.63, 3.8) is 0 Å². The molecule has 1 N–H and O–H groups in total. The minimum atomic E-state index is -0.898. The Morgan fingerprint density at radius 1 is 1.25 bits per heavy atom. The van der Waals surface area contributed by atoms with Crippen molar-refractivity contribution in [3.8, 4) is 5.75 Å². The van der Waals surface area contributed by atoms with Crippen molar-refractivity contribution in [3.05, 3.63) is 29.5 Å². The summed E-state index contributed by atoms with van der Waals surface area (Å²) in [7, 11) is 0. The standard InChI is InChI=1S/C20H26O4/c1-2-3-4-5-10-18(20(21)22)23-14-11-12-16-15-8-6-7-9-17(15)24-19(16)13-14/h11-13,18H,2-10H2,1H3,(H,21,22). The highest BCUT2D eigenvalue weighted by atomic mass is 16.5. The highest BCUT2D eigenvalue weighted by Gasteiger charge is 2.21. The van der Waals surface area contributed by atoms with Crippen molar-refractivity contribution in [2.24, 2.45) is 0 Å². The van der Waals surface area contributed by atoms with E-state index < -0.39 is 12.1 Å². The number of aliphatic carboxylic acids is 1. The topological polar surface area (TPSA) is 59.7 Å². The van der Waals surface area contributed by atoms with Gasteiger partial charge < -0.3 is 14.3 Å². The van der Waals surface area contributed by atoms with Crippen LogP contribution in [0.5, 0.6) is 5.75 Å². The molecule has 1 heterocycles. The monoisotopic (exact) mass is 330 g/mol. The van der Waals surface area contributed by atoms with E-state index in [2.05, 4.69) is 6.92 Å². The molecule has 0 saturated heterocycles. The first-order valence-electron chi connectivity index (χ1n) is 9.12. The lowest BCUT2D eigenvalue weighted by atomic mass is 9.96. The van der Waals surface area contributed by atoms with E-state index in [0.717, 1.165) is 55.3 Å². The number of unbranched alkanes of at least 4 members (excludes halogenated alkanes) is 3. The van der Waals surface area contributed by atoms with Crippen LogP contribution in [-0.2, 0) is 17.6 Å². The maximum atomic E-state index is 11.4. The highest BCUT2D eigenvalue weighted by molar-refractivity contribution is 5.84. The Bertz CT molecular complexity index is 701. The summed E-state index contributed by atoms with van der Waals surface area (Å²) in [6, 6.07) is 5.72. The van der Waals surface area contributed by atoms with Crippen LogP contribution in [0.3, 0.4) is 0 Å². The van der Waals surface area contributed by atoms with E-state index in [1.165, 1.54) is 18.4 Å². The van der Waals surface area contributed by atoms with E-state index in [-0.39, 0.29) is 0 Å². The van der Waals surface area contributed by atoms with Gasteiger partial charge in [0.2, 0.25) is 0 Å². The highest BCUT2D eigenvalue weighted by Crippen LogP contribution is 2.34. The van der Waals surface area contributed by atoms with E-state index in [0.29, 0.717) is 12.2 Å². The number of ether oxygens (including phenoxy) is 1. The molecule has 1 unspecified atom stereocenters. The Morgan fingerprint density at radius 3 is 2.88 bits per heavy atom. The van der Waals surface area contributed by atoms with Gasteiger partial charge in [-0.2, -0.15) is 0 Å². The summed E-state index contributed by atoms with van der Waals surface area (Å²) >= 11 is 0. The van der Waals surface area contributed by atoms with Crippen LogP contribution in [0.15, 0.2) is 22.6 Å². The molecule has 130 valence electrons. The van der Waals surface area contributed by atoms with Gasteiger partial charge in [0.1, 0.15) is 17.1 Å². The Labute approximate surface area is 142 Å². The van der Waals surface area contributed by atoms with Gasteiger partial charge in [-0.25, -0.2) is 4.79 Å². The van der Waals surface area contributed by atoms with Crippen LogP contribution < -0.4 is 4.74 Å². The maximum Gasteiger partial charge on any atom is 0.344 e. The number of rotatable bonds is 8. The van der Waals surface area contributed by atoms with E-state index in [9.17, 15) is 9.90 Å². The Balaban J connectivity index is 1.72. The number of carboxylic acid groups (broad SMARTS) is 1. The summed E-state index contributed by atoms with van der Waals surface area (Å²) in [5.41, 5.74) is 2.13. The average Bonchev–Trinajstić information content (AvgIpc) is 2.95. The first kappa shape index (κ1) is 16.9. The zero-order valence-electron chi connectivity index (χ0n) is 14.3. The fraction of sp³-hybridized carbons (Fsp3) is 0.550. The van der Waals surface area contributed by atoms with Crippen LogP contribution in [0.1, 0.15) is 63.2 Å². The smallest absolute Gasteiger partial charge is 0.344 e. The Hall–Kier alpha value is -1.97. The Kier molecular flexibility index (Phi) is 5.44. The average molecular weight is 330 g/mol. The minimum Gasteiger partial charge on any atom is -0.479 e. The second kappa shape index (κ2) is 7.73. The zero-order chi connectivity index (χ0) is 16.9. The van der Waals surface area contributed by atoms with Crippen molar-refractivity contribution in [2.45, 2.75) is 70.8 Å². The number of aryl methyl sites for hydroxylation is 2. The van der Waals surface area contributed by atoms with Crippen LogP contribution in [0.4, 0.5) is 0 Å². The van der Waals surface area contributed by atoms with Crippen molar-refractivity contribution in [2.75, 3.05) is 0 Å². The van der Waals surface area contributed by atoms with Crippen molar-refractivity contribution in [1.29, 1.82) is 0 Å². The molecule has 2 aromatic rings. The predicted molar refractivity (Wildman–Crippen MR) is 93.7 cm³/mol. The molecule has 0 saturated carbocycles. The summed E-state index contributed by atoms with van der Waals surface area (Å²) in [6.45, 7) is 2.14. The normalized spacial score (nSPS) is 15.2. The van der Waals surface area contributed by atoms with Gasteiger partial charge in [0.25, 0.3) is 0 Å². The van der Waals surface area contributed by atoms with Crippen LogP contribution in [-0.4, -0.2) is 17.2 Å². The van der Waals surface area contributed by atoms with Gasteiger partial charge in [0.05, 0.1) is 0 Å². The summed E-state index contributed by atoms with van der Waals surface area (Å²) in [6.07, 6.45) is 8.40. The fourth-order valence-corrected chi connectivity index (χ4v) is 3.47. The Morgan fingerprint density at radius 2 is 2.08 bits per heavy atom. The minimum absolute atomic E-state index is 0.544. The number of hydrogen-bond donors (Lipinski definition) is 1. The number of benzene rings is 1. The quantitative estimate of drug-likeness (QED) is 0.683. The molecule has 1 aromatic carbocycles. The molecule has 24 heavy (non-hydrogen) atoms. The molecule has 1 aromatic heterocycles. The second-order valence-corrected chi connectivity index (χ2v) is 6.66. The molecule has 0 amide bonds. The summed E-state index contributed by atoms with van der Waals surface area (Å²) < 4.78 is 11.7. The van der Waals surface area contributed by atoms with Crippen molar-refractivity contribution >= 4 is 16.9 Å². The van der Waals surface area contributed by atoms with Crippen LogP contribution in [0.2, 0.25) is 0 Å². The molecule has 3 rings (SSSR count). The number of furan rings is 1. The van der Waals surface area contributed by atoms with Gasteiger partial charge in [-0.3, -0.25) is 0 Å². The van der Waals surface area contributed by atoms with Gasteiger partial charge in [0.15, 0.2) is 6.10 Å². The maximum absolute atomic E-state index is 11.4. The van der Waals surface area contributed by atoms with E-state index >= 15 is 0 Å². The molecule has 1 atom stereocenters. The summed E-state index contributed by atoms with van der Waals surface area (Å²) in [5, 5.41) is 10.5. The summed E-state index contributed by atoms with van der Waals surface area (Å²) in [4.78, 5) is 11.4. The van der Waals surface area contributed by atoms with Gasteiger partial charge in [-0.05, 0) is 44.2 Å². The molecule has 0 radical (unpaired) electrons. The van der Waals surface area contributed by atoms with E-state index in [4.69, 9.17) is 9.15 Å². The molecule has 1 aliphatic rings. The molecule has 0 aliphatic heterocycles. The van der Waals surface area contributed by atoms with Crippen molar-refractivity contribution < 1.29 is 19.1 Å². The molecule has 0 fully saturated rings. The molecule has 0 spiro atoms. The van der Waals surface area contributed by atoms with Crippen molar-refractivity contribution in [1.82, 2.24) is 0 Å². The largest absolute Gasteiger partial charge is 0.479 e. The first-order chi connectivity index (χ1) is 11.7. The molecular weight excluding hydrogens is 304 g/mol.